The van der Waals surface area contributed by atoms with E-state index in [4.69, 9.17) is 9.72 Å². The fraction of sp³-hybridized carbons (Fsp3) is 0.233. The minimum atomic E-state index is -0.383. The fourth-order valence-corrected chi connectivity index (χ4v) is 11.2. The molecule has 0 aliphatic heterocycles. The molecule has 3 aromatic heterocycles. The van der Waals surface area contributed by atoms with Gasteiger partial charge in [0.15, 0.2) is 0 Å². The van der Waals surface area contributed by atoms with Gasteiger partial charge in [-0.25, -0.2) is 4.98 Å². The standard InChI is InChI=1S/C73H72N4O/c1-69(2,3)55-37-38-74-68(45-55)77-65-36-33-51(50-25-17-13-18-26-50)39-64(65)63-35-34-61(47-66(63)77)78-62-44-58(73(11,12)54-31-23-16-24-32-54)43-60(46-62)76-49-75(48-67(76)70(4,5)6)59-41-56(71(7,8)52-27-19-14-20-28-52)40-57(42-59)72(9,10)53-29-21-15-22-30-53/h13-48H,1-12H3. The number of hydrogen-bond donors (Lipinski definition) is 0. The number of imidazole rings is 1. The van der Waals surface area contributed by atoms with E-state index in [1.807, 2.05) is 6.20 Å². The summed E-state index contributed by atoms with van der Waals surface area (Å²) in [5, 5.41) is 2.29. The summed E-state index contributed by atoms with van der Waals surface area (Å²) < 4.78 is 14.0. The number of hydrogen-bond acceptors (Lipinski definition) is 2. The number of pyridine rings is 1. The van der Waals surface area contributed by atoms with Gasteiger partial charge in [0.25, 0.3) is 6.33 Å². The summed E-state index contributed by atoms with van der Waals surface area (Å²) in [7, 11) is 0. The molecular weight excluding hydrogens is 949 g/mol. The molecule has 0 saturated heterocycles. The van der Waals surface area contributed by atoms with Gasteiger partial charge in [-0.3, -0.25) is 13.7 Å². The Hall–Kier alpha value is -8.28. The monoisotopic (exact) mass is 1020 g/mol. The number of rotatable bonds is 12. The normalized spacial score (nSPS) is 12.6. The average Bonchev–Trinajstić information content (AvgIpc) is 4.21. The van der Waals surface area contributed by atoms with Crippen LogP contribution in [-0.4, -0.2) is 14.1 Å². The van der Waals surface area contributed by atoms with Crippen molar-refractivity contribution in [3.8, 4) is 39.8 Å². The predicted molar refractivity (Wildman–Crippen MR) is 323 cm³/mol. The molecular formula is C73H72N4O. The Bertz CT molecular complexity index is 3890. The minimum Gasteiger partial charge on any atom is -0.458 e. The van der Waals surface area contributed by atoms with Gasteiger partial charge in [-0.05, 0) is 128 Å². The van der Waals surface area contributed by atoms with E-state index in [1.54, 1.807) is 0 Å². The van der Waals surface area contributed by atoms with Gasteiger partial charge in [0.2, 0.25) is 0 Å². The van der Waals surface area contributed by atoms with Crippen LogP contribution in [0, 0.1) is 6.33 Å². The van der Waals surface area contributed by atoms with Crippen LogP contribution in [0.2, 0.25) is 0 Å². The summed E-state index contributed by atoms with van der Waals surface area (Å²) in [6.07, 6.45) is 8.15. The number of nitrogens with zero attached hydrogens (tertiary/aromatic N) is 4. The molecule has 0 fully saturated rings. The van der Waals surface area contributed by atoms with Crippen LogP contribution in [-0.2, 0) is 27.1 Å². The predicted octanol–water partition coefficient (Wildman–Crippen LogP) is 18.1. The zero-order valence-electron chi connectivity index (χ0n) is 47.5. The van der Waals surface area contributed by atoms with Crippen molar-refractivity contribution in [3.05, 3.63) is 270 Å². The Labute approximate surface area is 462 Å². The molecule has 0 aliphatic carbocycles. The topological polar surface area (TPSA) is 35.9 Å². The summed E-state index contributed by atoms with van der Waals surface area (Å²) in [5.41, 5.74) is 14.9. The van der Waals surface area contributed by atoms with E-state index < -0.39 is 0 Å². The van der Waals surface area contributed by atoms with Crippen LogP contribution in [0.15, 0.2) is 219 Å². The van der Waals surface area contributed by atoms with Gasteiger partial charge in [-0.2, -0.15) is 0 Å². The molecule has 3 heterocycles. The van der Waals surface area contributed by atoms with Crippen LogP contribution < -0.4 is 9.30 Å². The highest BCUT2D eigenvalue weighted by Gasteiger charge is 2.32. The van der Waals surface area contributed by atoms with Crippen molar-refractivity contribution in [2.75, 3.05) is 0 Å². The van der Waals surface area contributed by atoms with Crippen LogP contribution in [0.4, 0.5) is 0 Å². The van der Waals surface area contributed by atoms with Gasteiger partial charge < -0.3 is 4.74 Å². The lowest BCUT2D eigenvalue weighted by Crippen LogP contribution is -2.31. The lowest BCUT2D eigenvalue weighted by molar-refractivity contribution is -0.599. The largest absolute Gasteiger partial charge is 0.458 e. The molecule has 390 valence electrons. The number of fused-ring (bicyclic) bond motifs is 3. The van der Waals surface area contributed by atoms with Crippen molar-refractivity contribution < 1.29 is 9.30 Å². The summed E-state index contributed by atoms with van der Waals surface area (Å²) in [5.74, 6) is 2.34. The van der Waals surface area contributed by atoms with Crippen LogP contribution in [0.25, 0.3) is 50.1 Å². The summed E-state index contributed by atoms with van der Waals surface area (Å²) in [6, 6.07) is 74.7. The Balaban J connectivity index is 1.09. The maximum Gasteiger partial charge on any atom is 0.269 e. The smallest absolute Gasteiger partial charge is 0.269 e. The summed E-state index contributed by atoms with van der Waals surface area (Å²) >= 11 is 0. The van der Waals surface area contributed by atoms with Gasteiger partial charge in [-0.1, -0.05) is 217 Å². The molecule has 78 heavy (non-hydrogen) atoms. The Kier molecular flexibility index (Phi) is 13.0. The molecule has 5 nitrogen and oxygen atoms in total. The second-order valence-electron chi connectivity index (χ2n) is 24.9. The number of aromatic nitrogens is 4. The molecule has 5 heteroatoms. The first kappa shape index (κ1) is 51.8. The van der Waals surface area contributed by atoms with Gasteiger partial charge in [-0.15, -0.1) is 0 Å². The van der Waals surface area contributed by atoms with Crippen LogP contribution in [0.5, 0.6) is 11.5 Å². The maximum atomic E-state index is 7.22. The van der Waals surface area contributed by atoms with Crippen LogP contribution in [0.1, 0.15) is 128 Å². The Morgan fingerprint density at radius 3 is 1.51 bits per heavy atom. The first-order chi connectivity index (χ1) is 37.2. The Morgan fingerprint density at radius 1 is 0.410 bits per heavy atom. The SMILES string of the molecule is CC(C)(C)c1ccnc(-n2c3ccc(-c4ccccc4)cc3c3ccc(Oc4cc(-n5[c-][n+](-c6cc(C(C)(C)c7ccccc7)cc(C(C)(C)c7ccccc7)c6)cc5C(C)(C)C)cc(C(C)(C)c5ccccc5)c4)cc32)c1. The summed E-state index contributed by atoms with van der Waals surface area (Å²) in [4.78, 5) is 5.03. The first-order valence-corrected chi connectivity index (χ1v) is 27.5. The van der Waals surface area contributed by atoms with E-state index in [0.29, 0.717) is 0 Å². The van der Waals surface area contributed by atoms with Gasteiger partial charge in [0, 0.05) is 45.5 Å². The lowest BCUT2D eigenvalue weighted by atomic mass is 9.73. The highest BCUT2D eigenvalue weighted by Crippen LogP contribution is 2.42. The van der Waals surface area contributed by atoms with Crippen LogP contribution >= 0.6 is 0 Å². The second kappa shape index (κ2) is 19.6. The molecule has 0 bridgehead atoms. The maximum absolute atomic E-state index is 7.22. The molecule has 0 aliphatic rings. The van der Waals surface area contributed by atoms with Crippen molar-refractivity contribution in [2.45, 2.75) is 110 Å². The van der Waals surface area contributed by atoms with Crippen molar-refractivity contribution in [2.24, 2.45) is 0 Å². The van der Waals surface area contributed by atoms with E-state index in [1.165, 1.54) is 44.5 Å². The van der Waals surface area contributed by atoms with Gasteiger partial charge in [0.05, 0.1) is 28.1 Å². The van der Waals surface area contributed by atoms with E-state index in [-0.39, 0.29) is 27.1 Å². The highest BCUT2D eigenvalue weighted by molar-refractivity contribution is 6.10. The average molecular weight is 1020 g/mol. The second-order valence-corrected chi connectivity index (χ2v) is 24.9. The Morgan fingerprint density at radius 2 is 0.962 bits per heavy atom. The van der Waals surface area contributed by atoms with E-state index in [2.05, 4.69) is 316 Å². The van der Waals surface area contributed by atoms with Crippen LogP contribution in [0.3, 0.4) is 0 Å². The molecule has 0 spiro atoms. The highest BCUT2D eigenvalue weighted by atomic mass is 16.5. The number of benzene rings is 8. The molecule has 0 saturated carbocycles. The quantitative estimate of drug-likeness (QED) is 0.0903. The summed E-state index contributed by atoms with van der Waals surface area (Å²) in [6.45, 7) is 27.6. The molecule has 0 unspecified atom stereocenters. The van der Waals surface area contributed by atoms with E-state index in [0.717, 1.165) is 61.8 Å². The number of ether oxygens (including phenoxy) is 1. The van der Waals surface area contributed by atoms with E-state index >= 15 is 0 Å². The zero-order valence-corrected chi connectivity index (χ0v) is 47.5. The third-order valence-electron chi connectivity index (χ3n) is 16.4. The first-order valence-electron chi connectivity index (χ1n) is 27.5. The third kappa shape index (κ3) is 9.76. The molecule has 0 N–H and O–H groups in total. The minimum absolute atomic E-state index is 0.0593. The van der Waals surface area contributed by atoms with Gasteiger partial charge in [0.1, 0.15) is 17.3 Å². The van der Waals surface area contributed by atoms with Gasteiger partial charge >= 0.3 is 0 Å². The molecule has 8 aromatic carbocycles. The van der Waals surface area contributed by atoms with Crippen molar-refractivity contribution in [1.29, 1.82) is 0 Å². The molecule has 0 radical (unpaired) electrons. The third-order valence-corrected chi connectivity index (χ3v) is 16.4. The zero-order chi connectivity index (χ0) is 54.8. The van der Waals surface area contributed by atoms with Crippen molar-refractivity contribution >= 4 is 21.8 Å². The van der Waals surface area contributed by atoms with E-state index in [9.17, 15) is 0 Å². The molecule has 11 aromatic rings. The lowest BCUT2D eigenvalue weighted by Gasteiger charge is -2.32. The van der Waals surface area contributed by atoms with Crippen molar-refractivity contribution in [1.82, 2.24) is 14.1 Å². The molecule has 11 rings (SSSR count). The fourth-order valence-electron chi connectivity index (χ4n) is 11.2. The van der Waals surface area contributed by atoms with Crippen molar-refractivity contribution in [3.63, 3.8) is 0 Å². The molecule has 0 amide bonds. The molecule has 0 atom stereocenters.